The molecule has 18 heavy (non-hydrogen) atoms. The van der Waals surface area contributed by atoms with Crippen molar-refractivity contribution < 1.29 is 17.3 Å². The second-order valence-corrected chi connectivity index (χ2v) is 5.23. The van der Waals surface area contributed by atoms with Crippen LogP contribution in [0.15, 0.2) is 39.9 Å². The van der Waals surface area contributed by atoms with E-state index in [1.165, 1.54) is 18.3 Å². The molecule has 0 atom stereocenters. The number of anilines is 1. The highest BCUT2D eigenvalue weighted by Gasteiger charge is 2.19. The Hall–Kier alpha value is -1.93. The standard InChI is InChI=1S/C10H10FN3O3S/c11-9-5-7(12)1-2-10(9)18(15,16)14-6-8-3-4-13-17-8/h1-5,14H,6,12H2. The van der Waals surface area contributed by atoms with E-state index in [-0.39, 0.29) is 12.2 Å². The summed E-state index contributed by atoms with van der Waals surface area (Å²) in [4.78, 5) is -0.462. The van der Waals surface area contributed by atoms with Gasteiger partial charge in [-0.15, -0.1) is 0 Å². The van der Waals surface area contributed by atoms with E-state index < -0.39 is 20.7 Å². The summed E-state index contributed by atoms with van der Waals surface area (Å²) >= 11 is 0. The van der Waals surface area contributed by atoms with Gasteiger partial charge in [0.15, 0.2) is 5.76 Å². The molecule has 0 aliphatic heterocycles. The fourth-order valence-corrected chi connectivity index (χ4v) is 2.36. The second kappa shape index (κ2) is 4.75. The summed E-state index contributed by atoms with van der Waals surface area (Å²) in [7, 11) is -3.95. The van der Waals surface area contributed by atoms with E-state index >= 15 is 0 Å². The lowest BCUT2D eigenvalue weighted by molar-refractivity contribution is 0.380. The number of rotatable bonds is 4. The van der Waals surface area contributed by atoms with Crippen LogP contribution in [-0.2, 0) is 16.6 Å². The zero-order valence-electron chi connectivity index (χ0n) is 9.13. The molecule has 2 aromatic rings. The molecule has 0 amide bonds. The van der Waals surface area contributed by atoms with Gasteiger partial charge in [-0.25, -0.2) is 17.5 Å². The van der Waals surface area contributed by atoms with Crippen LogP contribution in [0.5, 0.6) is 0 Å². The molecule has 0 radical (unpaired) electrons. The molecule has 0 saturated heterocycles. The van der Waals surface area contributed by atoms with Gasteiger partial charge in [-0.1, -0.05) is 5.16 Å². The molecule has 0 unspecified atom stereocenters. The SMILES string of the molecule is Nc1ccc(S(=O)(=O)NCc2ccno2)c(F)c1. The van der Waals surface area contributed by atoms with Crippen molar-refractivity contribution in [2.45, 2.75) is 11.4 Å². The van der Waals surface area contributed by atoms with Gasteiger partial charge in [0.05, 0.1) is 12.7 Å². The summed E-state index contributed by atoms with van der Waals surface area (Å²) in [5.74, 6) is -0.575. The number of hydrogen-bond acceptors (Lipinski definition) is 5. The Balaban J connectivity index is 2.20. The van der Waals surface area contributed by atoms with Crippen molar-refractivity contribution >= 4 is 15.7 Å². The van der Waals surface area contributed by atoms with E-state index in [0.29, 0.717) is 5.76 Å². The molecule has 0 saturated carbocycles. The van der Waals surface area contributed by atoms with Gasteiger partial charge in [-0.3, -0.25) is 0 Å². The molecule has 6 nitrogen and oxygen atoms in total. The molecule has 2 rings (SSSR count). The predicted molar refractivity (Wildman–Crippen MR) is 61.3 cm³/mol. The predicted octanol–water partition coefficient (Wildman–Crippen LogP) is 0.874. The van der Waals surface area contributed by atoms with Crippen molar-refractivity contribution in [2.75, 3.05) is 5.73 Å². The van der Waals surface area contributed by atoms with Crippen LogP contribution in [0.4, 0.5) is 10.1 Å². The van der Waals surface area contributed by atoms with Crippen molar-refractivity contribution in [3.63, 3.8) is 0 Å². The Morgan fingerprint density at radius 1 is 1.39 bits per heavy atom. The monoisotopic (exact) mass is 271 g/mol. The Kier molecular flexibility index (Phi) is 3.30. The molecule has 1 aromatic heterocycles. The summed E-state index contributed by atoms with van der Waals surface area (Å²) in [5.41, 5.74) is 5.50. The van der Waals surface area contributed by atoms with Crippen LogP contribution in [0.1, 0.15) is 5.76 Å². The summed E-state index contributed by atoms with van der Waals surface area (Å²) < 4.78 is 44.0. The van der Waals surface area contributed by atoms with Gasteiger partial charge in [0.1, 0.15) is 10.7 Å². The molecule has 96 valence electrons. The zero-order valence-corrected chi connectivity index (χ0v) is 9.95. The number of sulfonamides is 1. The Morgan fingerprint density at radius 3 is 2.78 bits per heavy atom. The summed E-state index contributed by atoms with van der Waals surface area (Å²) in [6, 6.07) is 4.87. The largest absolute Gasteiger partial charge is 0.399 e. The van der Waals surface area contributed by atoms with E-state index in [9.17, 15) is 12.8 Å². The lowest BCUT2D eigenvalue weighted by Gasteiger charge is -2.06. The molecular formula is C10H10FN3O3S. The minimum Gasteiger partial charge on any atom is -0.399 e. The van der Waals surface area contributed by atoms with E-state index in [2.05, 4.69) is 9.88 Å². The molecule has 0 bridgehead atoms. The molecule has 3 N–H and O–H groups in total. The van der Waals surface area contributed by atoms with Crippen LogP contribution in [0.3, 0.4) is 0 Å². The normalized spacial score (nSPS) is 11.6. The third-order valence-corrected chi connectivity index (χ3v) is 3.61. The number of nitrogens with one attached hydrogen (secondary N) is 1. The van der Waals surface area contributed by atoms with E-state index in [1.807, 2.05) is 0 Å². The molecule has 8 heteroatoms. The summed E-state index contributed by atoms with van der Waals surface area (Å²) in [5, 5.41) is 3.42. The van der Waals surface area contributed by atoms with Gasteiger partial charge in [0, 0.05) is 11.8 Å². The van der Waals surface area contributed by atoms with Crippen molar-refractivity contribution in [2.24, 2.45) is 0 Å². The maximum absolute atomic E-state index is 13.5. The fourth-order valence-electron chi connectivity index (χ4n) is 1.31. The van der Waals surface area contributed by atoms with Crippen molar-refractivity contribution in [1.29, 1.82) is 0 Å². The van der Waals surface area contributed by atoms with Crippen LogP contribution in [0.2, 0.25) is 0 Å². The number of benzene rings is 1. The van der Waals surface area contributed by atoms with Gasteiger partial charge in [0.25, 0.3) is 0 Å². The average molecular weight is 271 g/mol. The second-order valence-electron chi connectivity index (χ2n) is 3.49. The first-order chi connectivity index (χ1) is 8.49. The first-order valence-corrected chi connectivity index (χ1v) is 6.41. The Labute approximate surface area is 103 Å². The van der Waals surface area contributed by atoms with Crippen LogP contribution < -0.4 is 10.5 Å². The van der Waals surface area contributed by atoms with Crippen molar-refractivity contribution in [3.8, 4) is 0 Å². The van der Waals surface area contributed by atoms with Crippen molar-refractivity contribution in [1.82, 2.24) is 9.88 Å². The Morgan fingerprint density at radius 2 is 2.17 bits per heavy atom. The molecule has 0 aliphatic rings. The maximum Gasteiger partial charge on any atom is 0.243 e. The number of hydrogen-bond donors (Lipinski definition) is 2. The van der Waals surface area contributed by atoms with Crippen LogP contribution >= 0.6 is 0 Å². The van der Waals surface area contributed by atoms with Gasteiger partial charge < -0.3 is 10.3 Å². The molecule has 0 fully saturated rings. The molecule has 1 heterocycles. The van der Waals surface area contributed by atoms with Crippen molar-refractivity contribution in [3.05, 3.63) is 42.0 Å². The quantitative estimate of drug-likeness (QED) is 0.804. The number of aromatic nitrogens is 1. The van der Waals surface area contributed by atoms with Gasteiger partial charge in [-0.2, -0.15) is 0 Å². The number of nitrogens with two attached hydrogens (primary N) is 1. The summed E-state index contributed by atoms with van der Waals surface area (Å²) in [6.07, 6.45) is 1.38. The number of halogens is 1. The minimum absolute atomic E-state index is 0.105. The molecule has 0 spiro atoms. The number of nitrogen functional groups attached to an aromatic ring is 1. The lowest BCUT2D eigenvalue weighted by Crippen LogP contribution is -2.24. The van der Waals surface area contributed by atoms with Crippen LogP contribution in [0.25, 0.3) is 0 Å². The highest BCUT2D eigenvalue weighted by atomic mass is 32.2. The maximum atomic E-state index is 13.5. The average Bonchev–Trinajstić information content (AvgIpc) is 2.78. The van der Waals surface area contributed by atoms with Crippen LogP contribution in [-0.4, -0.2) is 13.6 Å². The smallest absolute Gasteiger partial charge is 0.243 e. The highest BCUT2D eigenvalue weighted by Crippen LogP contribution is 2.17. The highest BCUT2D eigenvalue weighted by molar-refractivity contribution is 7.89. The minimum atomic E-state index is -3.95. The zero-order chi connectivity index (χ0) is 13.2. The van der Waals surface area contributed by atoms with E-state index in [1.54, 1.807) is 0 Å². The van der Waals surface area contributed by atoms with Gasteiger partial charge >= 0.3 is 0 Å². The molecule has 1 aromatic carbocycles. The van der Waals surface area contributed by atoms with E-state index in [0.717, 1.165) is 12.1 Å². The topological polar surface area (TPSA) is 98.2 Å². The van der Waals surface area contributed by atoms with Gasteiger partial charge in [-0.05, 0) is 18.2 Å². The van der Waals surface area contributed by atoms with E-state index in [4.69, 9.17) is 10.3 Å². The lowest BCUT2D eigenvalue weighted by atomic mass is 10.3. The first-order valence-electron chi connectivity index (χ1n) is 4.93. The first kappa shape index (κ1) is 12.5. The summed E-state index contributed by atoms with van der Waals surface area (Å²) in [6.45, 7) is -0.105. The Bertz CT molecular complexity index is 640. The third kappa shape index (κ3) is 2.66. The van der Waals surface area contributed by atoms with Gasteiger partial charge in [0.2, 0.25) is 10.0 Å². The number of nitrogens with zero attached hydrogens (tertiary/aromatic N) is 1. The van der Waals surface area contributed by atoms with Crippen LogP contribution in [0, 0.1) is 5.82 Å². The molecule has 0 aliphatic carbocycles. The molecular weight excluding hydrogens is 261 g/mol. The fraction of sp³-hybridized carbons (Fsp3) is 0.100. The third-order valence-electron chi connectivity index (χ3n) is 2.17.